The van der Waals surface area contributed by atoms with Crippen molar-refractivity contribution >= 4 is 20.8 Å². The van der Waals surface area contributed by atoms with Crippen LogP contribution in [0.1, 0.15) is 11.4 Å². The fraction of sp³-hybridized carbons (Fsp3) is 0.188. The average molecular weight is 315 g/mol. The molecule has 5 nitrogen and oxygen atoms in total. The van der Waals surface area contributed by atoms with Crippen molar-refractivity contribution in [3.63, 3.8) is 0 Å². The first-order valence-electron chi connectivity index (χ1n) is 6.94. The van der Waals surface area contributed by atoms with Gasteiger partial charge in [0.1, 0.15) is 0 Å². The van der Waals surface area contributed by atoms with Crippen LogP contribution in [0.4, 0.5) is 0 Å². The number of rotatable bonds is 4. The first-order valence-corrected chi connectivity index (χ1v) is 8.42. The number of hydrogen-bond donors (Lipinski definition) is 1. The normalized spacial score (nSPS) is 11.9. The summed E-state index contributed by atoms with van der Waals surface area (Å²) >= 11 is 0. The summed E-state index contributed by atoms with van der Waals surface area (Å²) < 4.78 is 29.1. The second-order valence-corrected chi connectivity index (χ2v) is 7.00. The SMILES string of the molecule is Cc1cc(CNS(=O)(=O)c2ccc3ccccc3c2)nn1C. The predicted molar refractivity (Wildman–Crippen MR) is 85.9 cm³/mol. The van der Waals surface area contributed by atoms with Crippen molar-refractivity contribution in [1.82, 2.24) is 14.5 Å². The van der Waals surface area contributed by atoms with Crippen molar-refractivity contribution in [3.05, 3.63) is 59.9 Å². The van der Waals surface area contributed by atoms with Gasteiger partial charge < -0.3 is 0 Å². The zero-order chi connectivity index (χ0) is 15.7. The molecule has 3 rings (SSSR count). The first kappa shape index (κ1) is 14.7. The van der Waals surface area contributed by atoms with Crippen LogP contribution in [0.25, 0.3) is 10.8 Å². The number of sulfonamides is 1. The van der Waals surface area contributed by atoms with Crippen molar-refractivity contribution in [2.45, 2.75) is 18.4 Å². The third-order valence-electron chi connectivity index (χ3n) is 3.64. The molecule has 22 heavy (non-hydrogen) atoms. The Morgan fingerprint density at radius 3 is 2.50 bits per heavy atom. The van der Waals surface area contributed by atoms with Crippen LogP contribution in [0.15, 0.2) is 53.4 Å². The molecule has 0 aliphatic carbocycles. The Bertz CT molecular complexity index is 910. The van der Waals surface area contributed by atoms with E-state index in [9.17, 15) is 8.42 Å². The lowest BCUT2D eigenvalue weighted by molar-refractivity contribution is 0.579. The third-order valence-corrected chi connectivity index (χ3v) is 5.04. The second kappa shape index (κ2) is 5.55. The van der Waals surface area contributed by atoms with Gasteiger partial charge in [0.15, 0.2) is 0 Å². The van der Waals surface area contributed by atoms with Crippen LogP contribution in [-0.2, 0) is 23.6 Å². The molecule has 1 aromatic heterocycles. The Labute approximate surface area is 129 Å². The minimum Gasteiger partial charge on any atom is -0.273 e. The van der Waals surface area contributed by atoms with Crippen LogP contribution in [0.2, 0.25) is 0 Å². The Morgan fingerprint density at radius 2 is 1.82 bits per heavy atom. The smallest absolute Gasteiger partial charge is 0.240 e. The number of hydrogen-bond acceptors (Lipinski definition) is 3. The van der Waals surface area contributed by atoms with Gasteiger partial charge in [-0.25, -0.2) is 13.1 Å². The molecule has 0 atom stereocenters. The molecule has 3 aromatic rings. The summed E-state index contributed by atoms with van der Waals surface area (Å²) in [6.07, 6.45) is 0. The molecule has 0 amide bonds. The van der Waals surface area contributed by atoms with Gasteiger partial charge in [0, 0.05) is 12.7 Å². The molecular formula is C16H17N3O2S. The molecule has 0 aliphatic heterocycles. The van der Waals surface area contributed by atoms with Crippen LogP contribution in [-0.4, -0.2) is 18.2 Å². The van der Waals surface area contributed by atoms with E-state index in [0.29, 0.717) is 5.69 Å². The second-order valence-electron chi connectivity index (χ2n) is 5.23. The van der Waals surface area contributed by atoms with E-state index in [1.807, 2.05) is 50.4 Å². The highest BCUT2D eigenvalue weighted by Crippen LogP contribution is 2.19. The Hall–Kier alpha value is -2.18. The van der Waals surface area contributed by atoms with E-state index >= 15 is 0 Å². The van der Waals surface area contributed by atoms with Crippen molar-refractivity contribution in [1.29, 1.82) is 0 Å². The van der Waals surface area contributed by atoms with Crippen LogP contribution in [0.3, 0.4) is 0 Å². The molecule has 114 valence electrons. The molecule has 1 N–H and O–H groups in total. The summed E-state index contributed by atoms with van der Waals surface area (Å²) in [4.78, 5) is 0.263. The van der Waals surface area contributed by atoms with Gasteiger partial charge in [-0.3, -0.25) is 4.68 Å². The van der Waals surface area contributed by atoms with Crippen molar-refractivity contribution in [2.24, 2.45) is 7.05 Å². The molecule has 0 saturated carbocycles. The molecule has 0 bridgehead atoms. The number of aromatic nitrogens is 2. The highest BCUT2D eigenvalue weighted by atomic mass is 32.2. The molecule has 6 heteroatoms. The zero-order valence-corrected chi connectivity index (χ0v) is 13.3. The summed E-state index contributed by atoms with van der Waals surface area (Å²) in [5.74, 6) is 0. The summed E-state index contributed by atoms with van der Waals surface area (Å²) in [5, 5.41) is 6.16. The molecule has 0 unspecified atom stereocenters. The van der Waals surface area contributed by atoms with Gasteiger partial charge in [0.05, 0.1) is 17.1 Å². The number of fused-ring (bicyclic) bond motifs is 1. The highest BCUT2D eigenvalue weighted by Gasteiger charge is 2.15. The van der Waals surface area contributed by atoms with Crippen molar-refractivity contribution in [3.8, 4) is 0 Å². The molecular weight excluding hydrogens is 298 g/mol. The molecule has 0 spiro atoms. The Balaban J connectivity index is 1.84. The van der Waals surface area contributed by atoms with Gasteiger partial charge in [-0.2, -0.15) is 5.10 Å². The fourth-order valence-corrected chi connectivity index (χ4v) is 3.34. The van der Waals surface area contributed by atoms with Gasteiger partial charge in [-0.1, -0.05) is 30.3 Å². The first-order chi connectivity index (χ1) is 10.5. The fourth-order valence-electron chi connectivity index (χ4n) is 2.31. The standard InChI is InChI=1S/C16H17N3O2S/c1-12-9-15(18-19(12)2)11-17-22(20,21)16-8-7-13-5-3-4-6-14(13)10-16/h3-10,17H,11H2,1-2H3. The van der Waals surface area contributed by atoms with Crippen molar-refractivity contribution < 1.29 is 8.42 Å². The van der Waals surface area contributed by atoms with E-state index in [1.54, 1.807) is 16.8 Å². The number of benzene rings is 2. The minimum absolute atomic E-state index is 0.177. The molecule has 0 radical (unpaired) electrons. The molecule has 0 aliphatic rings. The van der Waals surface area contributed by atoms with Crippen LogP contribution >= 0.6 is 0 Å². The monoisotopic (exact) mass is 315 g/mol. The number of nitrogens with one attached hydrogen (secondary N) is 1. The van der Waals surface area contributed by atoms with E-state index in [1.165, 1.54) is 0 Å². The van der Waals surface area contributed by atoms with Gasteiger partial charge >= 0.3 is 0 Å². The van der Waals surface area contributed by atoms with E-state index in [2.05, 4.69) is 9.82 Å². The molecule has 0 fully saturated rings. The van der Waals surface area contributed by atoms with E-state index < -0.39 is 10.0 Å². The lowest BCUT2D eigenvalue weighted by Gasteiger charge is -2.06. The Kier molecular flexibility index (Phi) is 3.72. The quantitative estimate of drug-likeness (QED) is 0.804. The summed E-state index contributed by atoms with van der Waals surface area (Å²) in [5.41, 5.74) is 1.68. The highest BCUT2D eigenvalue weighted by molar-refractivity contribution is 7.89. The lowest BCUT2D eigenvalue weighted by atomic mass is 10.1. The van der Waals surface area contributed by atoms with Crippen molar-refractivity contribution in [2.75, 3.05) is 0 Å². The van der Waals surface area contributed by atoms with Gasteiger partial charge in [-0.15, -0.1) is 0 Å². The summed E-state index contributed by atoms with van der Waals surface area (Å²) in [6.45, 7) is 2.10. The minimum atomic E-state index is -3.55. The molecule has 0 saturated heterocycles. The summed E-state index contributed by atoms with van der Waals surface area (Å²) in [7, 11) is -1.72. The Morgan fingerprint density at radius 1 is 1.09 bits per heavy atom. The zero-order valence-electron chi connectivity index (χ0n) is 12.4. The average Bonchev–Trinajstić information content (AvgIpc) is 2.83. The molecule has 2 aromatic carbocycles. The predicted octanol–water partition coefficient (Wildman–Crippen LogP) is 2.36. The molecule has 1 heterocycles. The van der Waals surface area contributed by atoms with Crippen LogP contribution < -0.4 is 4.72 Å². The maximum absolute atomic E-state index is 12.4. The van der Waals surface area contributed by atoms with Gasteiger partial charge in [0.2, 0.25) is 10.0 Å². The van der Waals surface area contributed by atoms with Crippen LogP contribution in [0, 0.1) is 6.92 Å². The van der Waals surface area contributed by atoms with E-state index in [4.69, 9.17) is 0 Å². The summed E-state index contributed by atoms with van der Waals surface area (Å²) in [6, 6.07) is 14.7. The van der Waals surface area contributed by atoms with Gasteiger partial charge in [0.25, 0.3) is 0 Å². The van der Waals surface area contributed by atoms with E-state index in [-0.39, 0.29) is 11.4 Å². The number of nitrogens with zero attached hydrogens (tertiary/aromatic N) is 2. The lowest BCUT2D eigenvalue weighted by Crippen LogP contribution is -2.23. The van der Waals surface area contributed by atoms with E-state index in [0.717, 1.165) is 16.5 Å². The largest absolute Gasteiger partial charge is 0.273 e. The van der Waals surface area contributed by atoms with Gasteiger partial charge in [-0.05, 0) is 35.9 Å². The maximum atomic E-state index is 12.4. The topological polar surface area (TPSA) is 64.0 Å². The van der Waals surface area contributed by atoms with Crippen LogP contribution in [0.5, 0.6) is 0 Å². The number of aryl methyl sites for hydroxylation is 2. The third kappa shape index (κ3) is 2.88. The maximum Gasteiger partial charge on any atom is 0.240 e.